The van der Waals surface area contributed by atoms with Crippen molar-refractivity contribution < 1.29 is 13.9 Å². The molecule has 3 aromatic rings. The summed E-state index contributed by atoms with van der Waals surface area (Å²) < 4.78 is 20.1. The summed E-state index contributed by atoms with van der Waals surface area (Å²) in [4.78, 5) is 22.6. The summed E-state index contributed by atoms with van der Waals surface area (Å²) >= 11 is 5.91. The molecule has 1 aromatic heterocycles. The lowest BCUT2D eigenvalue weighted by Gasteiger charge is -2.30. The van der Waals surface area contributed by atoms with E-state index < -0.39 is 5.82 Å². The van der Waals surface area contributed by atoms with Crippen molar-refractivity contribution in [3.8, 4) is 5.75 Å². The highest BCUT2D eigenvalue weighted by Crippen LogP contribution is 2.38. The monoisotopic (exact) mass is 443 g/mol. The summed E-state index contributed by atoms with van der Waals surface area (Å²) in [6.45, 7) is 2.78. The zero-order valence-electron chi connectivity index (χ0n) is 17.2. The van der Waals surface area contributed by atoms with Crippen LogP contribution in [0.2, 0.25) is 5.02 Å². The molecule has 1 unspecified atom stereocenters. The molecule has 0 bridgehead atoms. The van der Waals surface area contributed by atoms with Gasteiger partial charge < -0.3 is 15.8 Å². The minimum absolute atomic E-state index is 0.0193. The van der Waals surface area contributed by atoms with Gasteiger partial charge in [-0.15, -0.1) is 0 Å². The Morgan fingerprint density at radius 1 is 1.39 bits per heavy atom. The van der Waals surface area contributed by atoms with Crippen molar-refractivity contribution in [3.63, 3.8) is 0 Å². The Morgan fingerprint density at radius 2 is 2.19 bits per heavy atom. The number of nitrogens with zero attached hydrogens (tertiary/aromatic N) is 3. The van der Waals surface area contributed by atoms with Gasteiger partial charge in [0.05, 0.1) is 29.4 Å². The van der Waals surface area contributed by atoms with Crippen LogP contribution in [0, 0.1) is 5.82 Å². The lowest BCUT2D eigenvalue weighted by Crippen LogP contribution is -2.41. The van der Waals surface area contributed by atoms with Gasteiger partial charge in [-0.1, -0.05) is 17.7 Å². The molecule has 1 aliphatic heterocycles. The number of methoxy groups -OCH3 is 1. The largest absolute Gasteiger partial charge is 0.496 e. The number of hydrogen-bond acceptors (Lipinski definition) is 6. The zero-order chi connectivity index (χ0) is 22.1. The second kappa shape index (κ2) is 8.64. The molecule has 7 nitrogen and oxygen atoms in total. The summed E-state index contributed by atoms with van der Waals surface area (Å²) in [6, 6.07) is 8.01. The van der Waals surface area contributed by atoms with Gasteiger partial charge in [0.15, 0.2) is 5.82 Å². The molecule has 0 spiro atoms. The predicted molar refractivity (Wildman–Crippen MR) is 118 cm³/mol. The molecular weight excluding hydrogens is 421 g/mol. The SMILES string of the molecule is COc1cc2ncnc(Nc3cccc(Cl)c3F)c2cc1C(C)N1CCC[C@H]1C(N)=O. The molecule has 2 atom stereocenters. The predicted octanol–water partition coefficient (Wildman–Crippen LogP) is 4.19. The molecule has 3 N–H and O–H groups in total. The summed E-state index contributed by atoms with van der Waals surface area (Å²) in [5, 5.41) is 3.73. The van der Waals surface area contributed by atoms with E-state index in [4.69, 9.17) is 22.1 Å². The van der Waals surface area contributed by atoms with Crippen molar-refractivity contribution in [1.82, 2.24) is 14.9 Å². The number of hydrogen-bond donors (Lipinski definition) is 2. The lowest BCUT2D eigenvalue weighted by atomic mass is 10.0. The van der Waals surface area contributed by atoms with E-state index in [2.05, 4.69) is 20.2 Å². The van der Waals surface area contributed by atoms with E-state index in [-0.39, 0.29) is 28.7 Å². The van der Waals surface area contributed by atoms with Gasteiger partial charge in [-0.05, 0) is 44.5 Å². The Balaban J connectivity index is 1.79. The van der Waals surface area contributed by atoms with E-state index in [1.54, 1.807) is 19.2 Å². The van der Waals surface area contributed by atoms with Gasteiger partial charge in [0.2, 0.25) is 5.91 Å². The number of likely N-dealkylation sites (tertiary alicyclic amines) is 1. The number of halogens is 2. The first kappa shape index (κ1) is 21.3. The van der Waals surface area contributed by atoms with Crippen molar-refractivity contribution in [3.05, 3.63) is 53.1 Å². The average Bonchev–Trinajstić information content (AvgIpc) is 3.26. The third-order valence-electron chi connectivity index (χ3n) is 5.76. The molecule has 0 saturated carbocycles. The molecule has 2 heterocycles. The fourth-order valence-corrected chi connectivity index (χ4v) is 4.34. The van der Waals surface area contributed by atoms with Gasteiger partial charge in [0.25, 0.3) is 0 Å². The number of nitrogens with two attached hydrogens (primary N) is 1. The van der Waals surface area contributed by atoms with E-state index >= 15 is 0 Å². The van der Waals surface area contributed by atoms with Gasteiger partial charge in [0, 0.05) is 23.1 Å². The molecule has 0 radical (unpaired) electrons. The number of fused-ring (bicyclic) bond motifs is 1. The second-order valence-electron chi connectivity index (χ2n) is 7.53. The third-order valence-corrected chi connectivity index (χ3v) is 6.05. The summed E-state index contributed by atoms with van der Waals surface area (Å²) in [7, 11) is 1.59. The molecule has 4 rings (SSSR count). The smallest absolute Gasteiger partial charge is 0.234 e. The maximum atomic E-state index is 14.4. The van der Waals surface area contributed by atoms with E-state index in [0.29, 0.717) is 22.5 Å². The van der Waals surface area contributed by atoms with Gasteiger partial charge in [-0.25, -0.2) is 14.4 Å². The Kier molecular flexibility index (Phi) is 5.93. The topological polar surface area (TPSA) is 93.4 Å². The van der Waals surface area contributed by atoms with Crippen LogP contribution in [0.1, 0.15) is 31.4 Å². The number of rotatable bonds is 6. The molecule has 0 aliphatic carbocycles. The van der Waals surface area contributed by atoms with Crippen LogP contribution >= 0.6 is 11.6 Å². The Morgan fingerprint density at radius 3 is 2.94 bits per heavy atom. The highest BCUT2D eigenvalue weighted by Gasteiger charge is 2.34. The molecule has 2 aromatic carbocycles. The van der Waals surface area contributed by atoms with Crippen molar-refractivity contribution in [2.24, 2.45) is 5.73 Å². The average molecular weight is 444 g/mol. The number of benzene rings is 2. The standard InChI is InChI=1S/C22H23ClFN5O2/c1-12(29-8-4-7-18(29)21(25)30)13-9-14-17(10-19(13)31-2)26-11-27-22(14)28-16-6-3-5-15(23)20(16)24/h3,5-6,9-12,18H,4,7-8H2,1-2H3,(H2,25,30)(H,26,27,28)/t12?,18-/m0/s1. The van der Waals surface area contributed by atoms with Crippen molar-refractivity contribution in [1.29, 1.82) is 0 Å². The van der Waals surface area contributed by atoms with Crippen molar-refractivity contribution in [2.45, 2.75) is 31.8 Å². The first-order chi connectivity index (χ1) is 14.9. The molecule has 1 amide bonds. The molecule has 31 heavy (non-hydrogen) atoms. The molecular formula is C22H23ClFN5O2. The highest BCUT2D eigenvalue weighted by atomic mass is 35.5. The maximum Gasteiger partial charge on any atom is 0.234 e. The van der Waals surface area contributed by atoms with Crippen LogP contribution in [0.15, 0.2) is 36.7 Å². The van der Waals surface area contributed by atoms with Crippen LogP contribution in [0.4, 0.5) is 15.9 Å². The quantitative estimate of drug-likeness (QED) is 0.593. The normalized spacial score (nSPS) is 17.6. The number of anilines is 2. The first-order valence-corrected chi connectivity index (χ1v) is 10.4. The summed E-state index contributed by atoms with van der Waals surface area (Å²) in [5.74, 6) is 0.203. The molecule has 162 valence electrons. The zero-order valence-corrected chi connectivity index (χ0v) is 18.0. The lowest BCUT2D eigenvalue weighted by molar-refractivity contribution is -0.122. The number of amides is 1. The van der Waals surface area contributed by atoms with Crippen molar-refractivity contribution >= 4 is 39.9 Å². The Labute approximate surface area is 184 Å². The number of primary amides is 1. The highest BCUT2D eigenvalue weighted by molar-refractivity contribution is 6.31. The number of carbonyl (C=O) groups is 1. The fraction of sp³-hybridized carbons (Fsp3) is 0.318. The van der Waals surface area contributed by atoms with Crippen LogP contribution in [-0.2, 0) is 4.79 Å². The van der Waals surface area contributed by atoms with E-state index in [9.17, 15) is 9.18 Å². The molecule has 1 saturated heterocycles. The van der Waals surface area contributed by atoms with E-state index in [1.165, 1.54) is 12.4 Å². The minimum Gasteiger partial charge on any atom is -0.496 e. The van der Waals surface area contributed by atoms with Crippen molar-refractivity contribution in [2.75, 3.05) is 19.0 Å². The number of nitrogens with one attached hydrogen (secondary N) is 1. The van der Waals surface area contributed by atoms with E-state index in [0.717, 1.165) is 24.9 Å². The summed E-state index contributed by atoms with van der Waals surface area (Å²) in [6.07, 6.45) is 3.04. The van der Waals surface area contributed by atoms with Gasteiger partial charge in [0.1, 0.15) is 17.9 Å². The Bertz CT molecular complexity index is 1140. The summed E-state index contributed by atoms with van der Waals surface area (Å²) in [5.41, 5.74) is 7.34. The number of carbonyl (C=O) groups excluding carboxylic acids is 1. The van der Waals surface area contributed by atoms with Gasteiger partial charge in [-0.3, -0.25) is 9.69 Å². The molecule has 1 aliphatic rings. The fourth-order valence-electron chi connectivity index (χ4n) is 4.17. The van der Waals surface area contributed by atoms with Crippen LogP contribution in [0.25, 0.3) is 10.9 Å². The van der Waals surface area contributed by atoms with Crippen LogP contribution in [0.3, 0.4) is 0 Å². The maximum absolute atomic E-state index is 14.4. The van der Waals surface area contributed by atoms with Crippen LogP contribution < -0.4 is 15.8 Å². The number of ether oxygens (including phenoxy) is 1. The molecule has 1 fully saturated rings. The van der Waals surface area contributed by atoms with Crippen LogP contribution in [-0.4, -0.2) is 40.5 Å². The Hall–Kier alpha value is -2.97. The minimum atomic E-state index is -0.556. The third kappa shape index (κ3) is 4.00. The first-order valence-electron chi connectivity index (χ1n) is 9.99. The van der Waals surface area contributed by atoms with Gasteiger partial charge >= 0.3 is 0 Å². The van der Waals surface area contributed by atoms with Crippen LogP contribution in [0.5, 0.6) is 5.75 Å². The van der Waals surface area contributed by atoms with E-state index in [1.807, 2.05) is 19.1 Å². The number of aromatic nitrogens is 2. The van der Waals surface area contributed by atoms with Gasteiger partial charge in [-0.2, -0.15) is 0 Å². The second-order valence-corrected chi connectivity index (χ2v) is 7.94. The molecule has 9 heteroatoms.